The van der Waals surface area contributed by atoms with Gasteiger partial charge in [-0.2, -0.15) is 32.2 Å². The van der Waals surface area contributed by atoms with Gasteiger partial charge in [0.15, 0.2) is 33.3 Å². The Morgan fingerprint density at radius 3 is 1.90 bits per heavy atom. The zero-order chi connectivity index (χ0) is 58.9. The van der Waals surface area contributed by atoms with Crippen LogP contribution in [0.2, 0.25) is 0 Å². The van der Waals surface area contributed by atoms with Crippen molar-refractivity contribution < 1.29 is 86.2 Å². The SMILES string of the molecule is Nc1c(N=Nc2ccc(S(=O)(=O)Nc3ccc(NN=c4ccc(=O)c(=NNc5ccc([N+](=O)[O-])cc5)c4=O)cc3)cc2)c(S(=O)(=O)O)cc2cc(SOOO)c(N=Nc3ccc(S(=O)(=O)CCOSOOO)cc3S(=O)(=O)O)c(O)c12. The number of nitrogens with zero attached hydrogens (tertiary/aromatic N) is 7. The van der Waals surface area contributed by atoms with Gasteiger partial charge in [-0.1, -0.05) is 10.1 Å². The quantitative estimate of drug-likeness (QED) is 0.00503. The first-order valence-electron chi connectivity index (χ1n) is 21.4. The second-order valence-corrected chi connectivity index (χ2v) is 23.4. The normalized spacial score (nSPS) is 12.9. The molecule has 0 spiro atoms. The molecule has 0 atom stereocenters. The number of nitrogens with one attached hydrogen (secondary N) is 3. The molecule has 0 aliphatic carbocycles. The van der Waals surface area contributed by atoms with Gasteiger partial charge in [0.2, 0.25) is 10.9 Å². The number of sulfone groups is 1. The number of azo groups is 2. The highest BCUT2D eigenvalue weighted by molar-refractivity contribution is 7.94. The van der Waals surface area contributed by atoms with Crippen molar-refractivity contribution in [2.45, 2.75) is 24.5 Å². The van der Waals surface area contributed by atoms with Gasteiger partial charge in [-0.3, -0.25) is 48.6 Å². The number of phenolic OH excluding ortho intramolecular Hbond substituents is 1. The Morgan fingerprint density at radius 1 is 0.667 bits per heavy atom. The van der Waals surface area contributed by atoms with Gasteiger partial charge in [0, 0.05) is 17.8 Å². The number of nitrogen functional groups attached to an aromatic ring is 1. The Bertz CT molecular complexity index is 4350. The zero-order valence-corrected chi connectivity index (χ0v) is 44.6. The Labute approximate surface area is 461 Å². The number of hydrogen-bond acceptors (Lipinski definition) is 31. The summed E-state index contributed by atoms with van der Waals surface area (Å²) in [6, 6.07) is 21.2. The first-order valence-corrected chi connectivity index (χ1v) is 28.8. The fourth-order valence-corrected chi connectivity index (χ4v) is 11.1. The lowest BCUT2D eigenvalue weighted by Crippen LogP contribution is -2.47. The van der Waals surface area contributed by atoms with Gasteiger partial charge in [-0.05, 0) is 109 Å². The molecule has 0 heterocycles. The molecular weight excluding hydrogens is 1200 g/mol. The summed E-state index contributed by atoms with van der Waals surface area (Å²) in [6.07, 6.45) is 0. The van der Waals surface area contributed by atoms with Crippen LogP contribution in [0.4, 0.5) is 51.2 Å². The Balaban J connectivity index is 1.11. The Kier molecular flexibility index (Phi) is 19.0. The molecule has 0 radical (unpaired) electrons. The minimum atomic E-state index is -5.28. The molecule has 7 aromatic carbocycles. The third-order valence-corrected chi connectivity index (χ3v) is 16.2. The summed E-state index contributed by atoms with van der Waals surface area (Å²) in [7, 11) is -19.2. The number of phenols is 1. The van der Waals surface area contributed by atoms with Crippen LogP contribution >= 0.6 is 24.4 Å². The molecule has 10 N–H and O–H groups in total. The minimum Gasteiger partial charge on any atom is -0.505 e. The van der Waals surface area contributed by atoms with Crippen LogP contribution in [-0.2, 0) is 63.0 Å². The second-order valence-electron chi connectivity index (χ2n) is 15.6. The highest BCUT2D eigenvalue weighted by Crippen LogP contribution is 2.50. The van der Waals surface area contributed by atoms with E-state index in [1.807, 2.05) is 0 Å². The highest BCUT2D eigenvalue weighted by atomic mass is 32.2. The van der Waals surface area contributed by atoms with Crippen molar-refractivity contribution in [3.63, 3.8) is 0 Å². The summed E-state index contributed by atoms with van der Waals surface area (Å²) in [5.74, 6) is -1.74. The van der Waals surface area contributed by atoms with E-state index < -0.39 is 122 Å². The molecular formula is C42H33N11O22S6. The maximum absolute atomic E-state index is 13.4. The summed E-state index contributed by atoms with van der Waals surface area (Å²) < 4.78 is 139. The van der Waals surface area contributed by atoms with Gasteiger partial charge in [0.25, 0.3) is 35.9 Å². The van der Waals surface area contributed by atoms with E-state index in [0.717, 1.165) is 60.7 Å². The summed E-state index contributed by atoms with van der Waals surface area (Å²) in [5.41, 5.74) is 7.30. The maximum atomic E-state index is 13.4. The fraction of sp³-hybridized carbons (Fsp3) is 0.0476. The van der Waals surface area contributed by atoms with Crippen molar-refractivity contribution in [2.75, 3.05) is 33.7 Å². The number of nitro benzene ring substituents is 1. The van der Waals surface area contributed by atoms with E-state index >= 15 is 0 Å². The Hall–Kier alpha value is -8.26. The van der Waals surface area contributed by atoms with E-state index in [4.69, 9.17) is 20.4 Å². The largest absolute Gasteiger partial charge is 0.505 e. The van der Waals surface area contributed by atoms with Crippen molar-refractivity contribution >= 4 is 126 Å². The standard InChI is InChI=1S/C42H33N11O22S6/c43-37-36-22(19-33(76-74-72-59)39(42(36)56)50-47-30-14-13-29(21-34(30)80(65,66)67)78(61,62)18-17-71-77-75-73-60)20-35(81(68,69)70)40(37)51-46-25-7-11-28(12-8-25)79(63,64)52-26-3-1-23(2-4-26)44-48-31-15-16-32(54)38(41(31)55)49-45-24-5-9-27(10-6-24)53(57)58/h1-16,19-21,44-45,52,56,59-60H,17-18,43H2,(H,65,66,67)(H,68,69,70). The molecule has 33 nitrogen and oxygen atoms in total. The molecule has 7 rings (SSSR count). The molecule has 0 aliphatic heterocycles. The van der Waals surface area contributed by atoms with Crippen molar-refractivity contribution in [2.24, 2.45) is 30.7 Å². The molecule has 0 aromatic heterocycles. The number of fused-ring (bicyclic) bond motifs is 1. The third kappa shape index (κ3) is 15.0. The first kappa shape index (κ1) is 60.4. The summed E-state index contributed by atoms with van der Waals surface area (Å²) in [6.45, 7) is -0.564. The molecule has 0 saturated carbocycles. The van der Waals surface area contributed by atoms with E-state index in [1.165, 1.54) is 48.5 Å². The first-order chi connectivity index (χ1) is 38.3. The van der Waals surface area contributed by atoms with Gasteiger partial charge in [0.1, 0.15) is 32.2 Å². The van der Waals surface area contributed by atoms with Gasteiger partial charge in [-0.15, -0.1) is 24.0 Å². The van der Waals surface area contributed by atoms with Crippen LogP contribution in [0, 0.1) is 10.1 Å². The lowest BCUT2D eigenvalue weighted by Gasteiger charge is -2.14. The number of non-ortho nitro benzene ring substituents is 1. The van der Waals surface area contributed by atoms with Crippen molar-refractivity contribution in [1.29, 1.82) is 0 Å². The number of aromatic hydroxyl groups is 1. The van der Waals surface area contributed by atoms with Crippen LogP contribution in [0.5, 0.6) is 5.75 Å². The van der Waals surface area contributed by atoms with Crippen LogP contribution in [0.1, 0.15) is 0 Å². The van der Waals surface area contributed by atoms with E-state index in [2.05, 4.69) is 65.0 Å². The van der Waals surface area contributed by atoms with Crippen LogP contribution < -0.4 is 42.9 Å². The zero-order valence-electron chi connectivity index (χ0n) is 39.7. The summed E-state index contributed by atoms with van der Waals surface area (Å²) in [5, 5.41) is 68.2. The monoisotopic (exact) mass is 1240 g/mol. The lowest BCUT2D eigenvalue weighted by molar-refractivity contribution is -0.434. The molecule has 7 aromatic rings. The van der Waals surface area contributed by atoms with Crippen molar-refractivity contribution in [1.82, 2.24) is 0 Å². The number of rotatable bonds is 24. The molecule has 0 bridgehead atoms. The van der Waals surface area contributed by atoms with Crippen LogP contribution in [0.15, 0.2) is 180 Å². The molecule has 39 heteroatoms. The minimum absolute atomic E-state index is 0.0625. The van der Waals surface area contributed by atoms with E-state index in [1.54, 1.807) is 0 Å². The summed E-state index contributed by atoms with van der Waals surface area (Å²) >= 11 is 0.193. The highest BCUT2D eigenvalue weighted by Gasteiger charge is 2.27. The van der Waals surface area contributed by atoms with E-state index in [-0.39, 0.29) is 73.3 Å². The smallest absolute Gasteiger partial charge is 0.296 e. The summed E-state index contributed by atoms with van der Waals surface area (Å²) in [4.78, 5) is 32.3. The van der Waals surface area contributed by atoms with Crippen LogP contribution in [0.25, 0.3) is 10.8 Å². The number of nitrogens with two attached hydrogens (primary N) is 1. The van der Waals surface area contributed by atoms with Crippen LogP contribution in [0.3, 0.4) is 0 Å². The van der Waals surface area contributed by atoms with Gasteiger partial charge in [0.05, 0.1) is 72.1 Å². The second kappa shape index (κ2) is 25.5. The molecule has 0 saturated heterocycles. The molecule has 0 amide bonds. The Morgan fingerprint density at radius 2 is 1.27 bits per heavy atom. The van der Waals surface area contributed by atoms with Gasteiger partial charge >= 0.3 is 0 Å². The topological polar surface area (TPSA) is 497 Å². The number of benzene rings is 7. The third-order valence-electron chi connectivity index (χ3n) is 10.4. The average molecular weight is 1240 g/mol. The predicted molar refractivity (Wildman–Crippen MR) is 282 cm³/mol. The average Bonchev–Trinajstić information content (AvgIpc) is 3.50. The molecule has 0 aliphatic rings. The van der Waals surface area contributed by atoms with E-state index in [0.29, 0.717) is 6.07 Å². The molecule has 424 valence electrons. The van der Waals surface area contributed by atoms with E-state index in [9.17, 15) is 67.6 Å². The number of anilines is 4. The fourth-order valence-electron chi connectivity index (χ4n) is 6.70. The van der Waals surface area contributed by atoms with Crippen molar-refractivity contribution in [3.8, 4) is 5.75 Å². The number of sulfonamides is 1. The maximum Gasteiger partial charge on any atom is 0.296 e. The lowest BCUT2D eigenvalue weighted by atomic mass is 10.1. The predicted octanol–water partition coefficient (Wildman–Crippen LogP) is 5.82. The van der Waals surface area contributed by atoms with Gasteiger partial charge in [-0.25, -0.2) is 27.4 Å². The molecule has 0 fully saturated rings. The van der Waals surface area contributed by atoms with Crippen LogP contribution in [-0.4, -0.2) is 75.7 Å². The number of nitro groups is 1. The molecule has 0 unspecified atom stereocenters. The van der Waals surface area contributed by atoms with Crippen molar-refractivity contribution in [3.05, 3.63) is 157 Å². The number of hydrogen-bond donors (Lipinski definition) is 9. The molecule has 81 heavy (non-hydrogen) atoms. The van der Waals surface area contributed by atoms with Gasteiger partial charge < -0.3 is 10.8 Å².